The van der Waals surface area contributed by atoms with E-state index in [1.54, 1.807) is 24.9 Å². The van der Waals surface area contributed by atoms with E-state index in [9.17, 15) is 13.2 Å². The first kappa shape index (κ1) is 12.1. The van der Waals surface area contributed by atoms with Crippen LogP contribution in [-0.4, -0.2) is 29.6 Å². The summed E-state index contributed by atoms with van der Waals surface area (Å²) in [6.07, 6.45) is -2.87. The average Bonchev–Trinajstić information content (AvgIpc) is 2.88. The minimum absolute atomic E-state index is 0.102. The Balaban J connectivity index is 2.18. The number of rotatable bonds is 1. The minimum Gasteiger partial charge on any atom is -0.275 e. The van der Waals surface area contributed by atoms with Gasteiger partial charge in [0.2, 0.25) is 4.96 Å². The monoisotopic (exact) mass is 288 g/mol. The molecule has 19 heavy (non-hydrogen) atoms. The first-order chi connectivity index (χ1) is 8.86. The largest absolute Gasteiger partial charge is 0.453 e. The Hall–Kier alpha value is -1.97. The molecule has 0 aliphatic heterocycles. The fourth-order valence-electron chi connectivity index (χ4n) is 1.71. The third-order valence-corrected chi connectivity index (χ3v) is 3.42. The standard InChI is InChI=1S/C9H7F3N6S/c1-4-5(3-17(2)15-4)6-16-18-7(9(10,11)12)13-14-8(18)19-6/h3H,1-2H3. The first-order valence-corrected chi connectivity index (χ1v) is 5.98. The molecule has 3 heterocycles. The summed E-state index contributed by atoms with van der Waals surface area (Å²) >= 11 is 1.04. The molecule has 0 aliphatic carbocycles. The van der Waals surface area contributed by atoms with Gasteiger partial charge in [0.05, 0.1) is 11.3 Å². The molecule has 0 spiro atoms. The Morgan fingerprint density at radius 2 is 1.95 bits per heavy atom. The summed E-state index contributed by atoms with van der Waals surface area (Å²) in [5.74, 6) is -1.12. The fraction of sp³-hybridized carbons (Fsp3) is 0.333. The van der Waals surface area contributed by atoms with Crippen LogP contribution in [0, 0.1) is 6.92 Å². The van der Waals surface area contributed by atoms with Crippen LogP contribution in [0.2, 0.25) is 0 Å². The average molecular weight is 288 g/mol. The molecule has 0 amide bonds. The number of fused-ring (bicyclic) bond motifs is 1. The molecule has 10 heteroatoms. The van der Waals surface area contributed by atoms with Crippen LogP contribution in [0.4, 0.5) is 13.2 Å². The van der Waals surface area contributed by atoms with Crippen molar-refractivity contribution in [3.63, 3.8) is 0 Å². The molecule has 0 atom stereocenters. The van der Waals surface area contributed by atoms with Gasteiger partial charge in [0, 0.05) is 13.2 Å². The quantitative estimate of drug-likeness (QED) is 0.686. The van der Waals surface area contributed by atoms with Gasteiger partial charge < -0.3 is 0 Å². The highest BCUT2D eigenvalue weighted by Gasteiger charge is 2.38. The van der Waals surface area contributed by atoms with Crippen molar-refractivity contribution < 1.29 is 13.2 Å². The Morgan fingerprint density at radius 1 is 1.21 bits per heavy atom. The van der Waals surface area contributed by atoms with Gasteiger partial charge in [-0.3, -0.25) is 4.68 Å². The van der Waals surface area contributed by atoms with Crippen LogP contribution in [0.25, 0.3) is 15.5 Å². The number of alkyl halides is 3. The fourth-order valence-corrected chi connectivity index (χ4v) is 2.61. The van der Waals surface area contributed by atoms with Gasteiger partial charge >= 0.3 is 6.18 Å². The van der Waals surface area contributed by atoms with Gasteiger partial charge in [0.15, 0.2) is 5.01 Å². The molecule has 3 aromatic rings. The zero-order chi connectivity index (χ0) is 13.8. The molecule has 0 N–H and O–H groups in total. The van der Waals surface area contributed by atoms with E-state index in [2.05, 4.69) is 20.4 Å². The van der Waals surface area contributed by atoms with E-state index in [1.807, 2.05) is 0 Å². The molecular formula is C9H7F3N6S. The number of hydrogen-bond acceptors (Lipinski definition) is 5. The van der Waals surface area contributed by atoms with Gasteiger partial charge in [-0.25, -0.2) is 0 Å². The molecule has 0 fully saturated rings. The van der Waals surface area contributed by atoms with Crippen molar-refractivity contribution in [2.75, 3.05) is 0 Å². The van der Waals surface area contributed by atoms with Gasteiger partial charge in [-0.05, 0) is 6.92 Å². The number of aromatic nitrogens is 6. The molecule has 100 valence electrons. The molecule has 0 saturated heterocycles. The van der Waals surface area contributed by atoms with Crippen LogP contribution in [0.3, 0.4) is 0 Å². The van der Waals surface area contributed by atoms with Crippen LogP contribution in [0.1, 0.15) is 11.5 Å². The van der Waals surface area contributed by atoms with Crippen LogP contribution < -0.4 is 0 Å². The van der Waals surface area contributed by atoms with Crippen molar-refractivity contribution in [3.8, 4) is 10.6 Å². The van der Waals surface area contributed by atoms with Gasteiger partial charge in [-0.2, -0.15) is 27.9 Å². The van der Waals surface area contributed by atoms with E-state index in [0.717, 1.165) is 11.3 Å². The van der Waals surface area contributed by atoms with E-state index in [4.69, 9.17) is 0 Å². The summed E-state index contributed by atoms with van der Waals surface area (Å²) in [6, 6.07) is 0. The summed E-state index contributed by atoms with van der Waals surface area (Å²) in [5.41, 5.74) is 1.38. The van der Waals surface area contributed by atoms with Crippen molar-refractivity contribution in [2.24, 2.45) is 7.05 Å². The van der Waals surface area contributed by atoms with Gasteiger partial charge in [-0.15, -0.1) is 10.2 Å². The van der Waals surface area contributed by atoms with Crippen LogP contribution in [0.5, 0.6) is 0 Å². The number of nitrogens with zero attached hydrogens (tertiary/aromatic N) is 6. The first-order valence-electron chi connectivity index (χ1n) is 5.16. The maximum absolute atomic E-state index is 12.7. The molecule has 0 radical (unpaired) electrons. The van der Waals surface area contributed by atoms with Gasteiger partial charge in [0.1, 0.15) is 0 Å². The van der Waals surface area contributed by atoms with Crippen molar-refractivity contribution in [2.45, 2.75) is 13.1 Å². The second-order valence-electron chi connectivity index (χ2n) is 3.92. The van der Waals surface area contributed by atoms with Crippen LogP contribution >= 0.6 is 11.3 Å². The van der Waals surface area contributed by atoms with Crippen molar-refractivity contribution in [3.05, 3.63) is 17.7 Å². The SMILES string of the molecule is Cc1nn(C)cc1-c1nn2c(C(F)(F)F)nnc2s1. The summed E-state index contributed by atoms with van der Waals surface area (Å²) in [4.78, 5) is 0.102. The summed E-state index contributed by atoms with van der Waals surface area (Å²) < 4.78 is 40.3. The van der Waals surface area contributed by atoms with E-state index < -0.39 is 12.0 Å². The van der Waals surface area contributed by atoms with E-state index >= 15 is 0 Å². The third kappa shape index (κ3) is 1.87. The topological polar surface area (TPSA) is 60.9 Å². The second-order valence-corrected chi connectivity index (χ2v) is 4.88. The summed E-state index contributed by atoms with van der Waals surface area (Å²) in [6.45, 7) is 1.77. The summed E-state index contributed by atoms with van der Waals surface area (Å²) in [5, 5.41) is 15.1. The maximum atomic E-state index is 12.7. The maximum Gasteiger partial charge on any atom is 0.453 e. The Bertz CT molecular complexity index is 752. The van der Waals surface area contributed by atoms with Gasteiger partial charge in [-0.1, -0.05) is 11.3 Å². The molecule has 0 bridgehead atoms. The smallest absolute Gasteiger partial charge is 0.275 e. The predicted molar refractivity (Wildman–Crippen MR) is 60.6 cm³/mol. The number of halogens is 3. The molecule has 0 unspecified atom stereocenters. The van der Waals surface area contributed by atoms with Gasteiger partial charge in [0.25, 0.3) is 5.82 Å². The zero-order valence-corrected chi connectivity index (χ0v) is 10.6. The normalized spacial score (nSPS) is 12.5. The molecule has 3 rings (SSSR count). The molecule has 6 nitrogen and oxygen atoms in total. The second kappa shape index (κ2) is 3.76. The molecule has 3 aromatic heterocycles. The highest BCUT2D eigenvalue weighted by Crippen LogP contribution is 2.32. The molecule has 0 aromatic carbocycles. The third-order valence-electron chi connectivity index (χ3n) is 2.49. The lowest BCUT2D eigenvalue weighted by Gasteiger charge is -1.99. The number of hydrogen-bond donors (Lipinski definition) is 0. The van der Waals surface area contributed by atoms with Crippen molar-refractivity contribution >= 4 is 16.3 Å². The highest BCUT2D eigenvalue weighted by atomic mass is 32.1. The van der Waals surface area contributed by atoms with Crippen molar-refractivity contribution in [1.29, 1.82) is 0 Å². The predicted octanol–water partition coefficient (Wildman–Crippen LogP) is 1.91. The zero-order valence-electron chi connectivity index (χ0n) is 9.80. The Morgan fingerprint density at radius 3 is 2.53 bits per heavy atom. The molecule has 0 saturated carbocycles. The van der Waals surface area contributed by atoms with E-state index in [-0.39, 0.29) is 4.96 Å². The van der Waals surface area contributed by atoms with E-state index in [1.165, 1.54) is 0 Å². The minimum atomic E-state index is -4.57. The Labute approximate surface area is 108 Å². The molecular weight excluding hydrogens is 281 g/mol. The Kier molecular flexibility index (Phi) is 2.39. The molecule has 0 aliphatic rings. The lowest BCUT2D eigenvalue weighted by Crippen LogP contribution is -2.11. The summed E-state index contributed by atoms with van der Waals surface area (Å²) in [7, 11) is 1.73. The lowest BCUT2D eigenvalue weighted by molar-refractivity contribution is -0.146. The van der Waals surface area contributed by atoms with E-state index in [0.29, 0.717) is 20.8 Å². The van der Waals surface area contributed by atoms with Crippen LogP contribution in [-0.2, 0) is 13.2 Å². The lowest BCUT2D eigenvalue weighted by atomic mass is 10.3. The highest BCUT2D eigenvalue weighted by molar-refractivity contribution is 7.19. The van der Waals surface area contributed by atoms with Crippen LogP contribution in [0.15, 0.2) is 6.20 Å². The number of aryl methyl sites for hydroxylation is 2. The van der Waals surface area contributed by atoms with Crippen molar-refractivity contribution in [1.82, 2.24) is 29.6 Å².